The summed E-state index contributed by atoms with van der Waals surface area (Å²) >= 11 is 6.26. The van der Waals surface area contributed by atoms with Gasteiger partial charge in [-0.1, -0.05) is 41.9 Å². The first-order valence-corrected chi connectivity index (χ1v) is 11.4. The smallest absolute Gasteiger partial charge is 0.265 e. The van der Waals surface area contributed by atoms with E-state index in [9.17, 15) is 13.2 Å². The fourth-order valence-corrected chi connectivity index (χ4v) is 5.61. The Bertz CT molecular complexity index is 1260. The van der Waals surface area contributed by atoms with Crippen LogP contribution in [0, 0.1) is 13.8 Å². The van der Waals surface area contributed by atoms with Crippen LogP contribution in [-0.2, 0) is 16.4 Å². The van der Waals surface area contributed by atoms with Crippen LogP contribution in [-0.4, -0.2) is 20.9 Å². The van der Waals surface area contributed by atoms with Crippen LogP contribution in [0.15, 0.2) is 65.6 Å². The lowest BCUT2D eigenvalue weighted by Crippen LogP contribution is -2.29. The monoisotopic (exact) mass is 440 g/mol. The maximum atomic E-state index is 13.4. The third-order valence-corrected chi connectivity index (χ3v) is 7.75. The summed E-state index contributed by atoms with van der Waals surface area (Å²) in [7, 11) is -3.91. The van der Waals surface area contributed by atoms with Crippen LogP contribution in [0.5, 0.6) is 0 Å². The van der Waals surface area contributed by atoms with E-state index in [1.165, 1.54) is 22.5 Å². The molecule has 1 N–H and O–H groups in total. The first-order chi connectivity index (χ1) is 14.3. The largest absolute Gasteiger partial charge is 0.322 e. The molecular formula is C23H21ClN2O3S. The van der Waals surface area contributed by atoms with E-state index in [1.807, 2.05) is 50.2 Å². The van der Waals surface area contributed by atoms with Gasteiger partial charge in [0.2, 0.25) is 0 Å². The average Bonchev–Trinajstić information content (AvgIpc) is 3.16. The van der Waals surface area contributed by atoms with Gasteiger partial charge in [-0.25, -0.2) is 8.42 Å². The summed E-state index contributed by atoms with van der Waals surface area (Å²) in [4.78, 5) is 12.8. The minimum absolute atomic E-state index is 0.0746. The van der Waals surface area contributed by atoms with Crippen molar-refractivity contribution < 1.29 is 13.2 Å². The van der Waals surface area contributed by atoms with E-state index in [0.29, 0.717) is 24.3 Å². The number of benzene rings is 3. The number of nitrogens with zero attached hydrogens (tertiary/aromatic N) is 1. The highest BCUT2D eigenvalue weighted by atomic mass is 35.5. The molecule has 0 unspecified atom stereocenters. The molecule has 0 saturated heterocycles. The summed E-state index contributed by atoms with van der Waals surface area (Å²) in [5.41, 5.74) is 4.56. The number of amides is 1. The number of carbonyl (C=O) groups is 1. The lowest BCUT2D eigenvalue weighted by Gasteiger charge is -2.20. The van der Waals surface area contributed by atoms with Crippen molar-refractivity contribution in [2.24, 2.45) is 0 Å². The third-order valence-electron chi connectivity index (χ3n) is 5.46. The van der Waals surface area contributed by atoms with Crippen LogP contribution in [0.1, 0.15) is 27.0 Å². The number of aryl methyl sites for hydroxylation is 1. The Morgan fingerprint density at radius 1 is 1.03 bits per heavy atom. The molecule has 0 aliphatic carbocycles. The molecule has 0 saturated carbocycles. The summed E-state index contributed by atoms with van der Waals surface area (Å²) in [6, 6.07) is 17.4. The molecule has 0 atom stereocenters. The molecule has 0 bridgehead atoms. The number of hydrogen-bond donors (Lipinski definition) is 1. The van der Waals surface area contributed by atoms with Gasteiger partial charge in [0.15, 0.2) is 0 Å². The Kier molecular flexibility index (Phi) is 5.30. The van der Waals surface area contributed by atoms with Crippen LogP contribution in [0.25, 0.3) is 0 Å². The number of halogens is 1. The molecule has 1 amide bonds. The molecule has 4 rings (SSSR count). The van der Waals surface area contributed by atoms with Gasteiger partial charge < -0.3 is 5.32 Å². The van der Waals surface area contributed by atoms with E-state index in [1.54, 1.807) is 6.07 Å². The van der Waals surface area contributed by atoms with Crippen molar-refractivity contribution in [2.45, 2.75) is 25.2 Å². The molecule has 3 aromatic rings. The number of anilines is 2. The zero-order valence-electron chi connectivity index (χ0n) is 16.6. The summed E-state index contributed by atoms with van der Waals surface area (Å²) in [6.45, 7) is 4.23. The molecule has 0 spiro atoms. The minimum atomic E-state index is -3.91. The van der Waals surface area contributed by atoms with Crippen molar-refractivity contribution in [1.82, 2.24) is 0 Å². The third kappa shape index (κ3) is 3.57. The molecule has 1 aliphatic rings. The van der Waals surface area contributed by atoms with E-state index in [-0.39, 0.29) is 15.5 Å². The molecule has 1 heterocycles. The van der Waals surface area contributed by atoms with Crippen molar-refractivity contribution in [3.63, 3.8) is 0 Å². The van der Waals surface area contributed by atoms with Gasteiger partial charge >= 0.3 is 0 Å². The maximum Gasteiger partial charge on any atom is 0.265 e. The van der Waals surface area contributed by atoms with Crippen LogP contribution in [0.3, 0.4) is 0 Å². The average molecular weight is 441 g/mol. The van der Waals surface area contributed by atoms with Gasteiger partial charge in [0.25, 0.3) is 15.9 Å². The molecule has 5 nitrogen and oxygen atoms in total. The minimum Gasteiger partial charge on any atom is -0.322 e. The van der Waals surface area contributed by atoms with Crippen molar-refractivity contribution in [1.29, 1.82) is 0 Å². The number of carbonyl (C=O) groups excluding carboxylic acids is 1. The lowest BCUT2D eigenvalue weighted by molar-refractivity contribution is 0.102. The molecule has 1 aliphatic heterocycles. The Balaban J connectivity index is 1.68. The highest BCUT2D eigenvalue weighted by Gasteiger charge is 2.32. The van der Waals surface area contributed by atoms with Crippen molar-refractivity contribution >= 4 is 38.9 Å². The SMILES string of the molecule is Cc1cccc(NC(=O)c2ccc(Cl)c(S(=O)(=O)N3CCc4ccccc43)c2)c1C. The number of rotatable bonds is 4. The first kappa shape index (κ1) is 20.4. The quantitative estimate of drug-likeness (QED) is 0.623. The van der Waals surface area contributed by atoms with Gasteiger partial charge in [-0.3, -0.25) is 9.10 Å². The molecule has 0 fully saturated rings. The molecule has 154 valence electrons. The van der Waals surface area contributed by atoms with E-state index < -0.39 is 15.9 Å². The normalized spacial score (nSPS) is 13.2. The highest BCUT2D eigenvalue weighted by molar-refractivity contribution is 7.93. The topological polar surface area (TPSA) is 66.5 Å². The predicted octanol–water partition coefficient (Wildman–Crippen LogP) is 4.96. The highest BCUT2D eigenvalue weighted by Crippen LogP contribution is 2.35. The van der Waals surface area contributed by atoms with E-state index in [2.05, 4.69) is 5.32 Å². The van der Waals surface area contributed by atoms with Crippen molar-refractivity contribution in [2.75, 3.05) is 16.2 Å². The van der Waals surface area contributed by atoms with Crippen LogP contribution in [0.2, 0.25) is 5.02 Å². The van der Waals surface area contributed by atoms with Crippen molar-refractivity contribution in [3.8, 4) is 0 Å². The Morgan fingerprint density at radius 3 is 2.60 bits per heavy atom. The second-order valence-electron chi connectivity index (χ2n) is 7.30. The standard InChI is InChI=1S/C23H21ClN2O3S/c1-15-6-5-8-20(16(15)2)25-23(27)18-10-11-19(24)22(14-18)30(28,29)26-13-12-17-7-3-4-9-21(17)26/h3-11,14H,12-13H2,1-2H3,(H,25,27). The van der Waals surface area contributed by atoms with Gasteiger partial charge in [-0.15, -0.1) is 0 Å². The Hall–Kier alpha value is -2.83. The zero-order chi connectivity index (χ0) is 21.5. The zero-order valence-corrected chi connectivity index (χ0v) is 18.2. The lowest BCUT2D eigenvalue weighted by atomic mass is 10.1. The van der Waals surface area contributed by atoms with Crippen LogP contribution in [0.4, 0.5) is 11.4 Å². The summed E-state index contributed by atoms with van der Waals surface area (Å²) in [5, 5.41) is 2.95. The van der Waals surface area contributed by atoms with Crippen LogP contribution < -0.4 is 9.62 Å². The molecule has 7 heteroatoms. The number of fused-ring (bicyclic) bond motifs is 1. The van der Waals surface area contributed by atoms with E-state index in [0.717, 1.165) is 16.7 Å². The second-order valence-corrected chi connectivity index (χ2v) is 9.54. The van der Waals surface area contributed by atoms with Crippen molar-refractivity contribution in [3.05, 3.63) is 87.9 Å². The van der Waals surface area contributed by atoms with E-state index in [4.69, 9.17) is 11.6 Å². The Labute approximate surface area is 181 Å². The second kappa shape index (κ2) is 7.78. The van der Waals surface area contributed by atoms with Gasteiger partial charge in [0.1, 0.15) is 4.90 Å². The van der Waals surface area contributed by atoms with Gasteiger partial charge in [-0.05, 0) is 67.3 Å². The Morgan fingerprint density at radius 2 is 1.80 bits per heavy atom. The number of nitrogens with one attached hydrogen (secondary N) is 1. The van der Waals surface area contributed by atoms with E-state index >= 15 is 0 Å². The fourth-order valence-electron chi connectivity index (χ4n) is 3.60. The fraction of sp³-hybridized carbons (Fsp3) is 0.174. The van der Waals surface area contributed by atoms with Gasteiger partial charge in [0, 0.05) is 17.8 Å². The molecular weight excluding hydrogens is 420 g/mol. The summed E-state index contributed by atoms with van der Waals surface area (Å²) in [5.74, 6) is -0.390. The molecule has 30 heavy (non-hydrogen) atoms. The number of hydrogen-bond acceptors (Lipinski definition) is 3. The summed E-state index contributed by atoms with van der Waals surface area (Å²) in [6.07, 6.45) is 0.639. The predicted molar refractivity (Wildman–Crippen MR) is 120 cm³/mol. The maximum absolute atomic E-state index is 13.4. The van der Waals surface area contributed by atoms with Crippen LogP contribution >= 0.6 is 11.6 Å². The molecule has 3 aromatic carbocycles. The first-order valence-electron chi connectivity index (χ1n) is 9.57. The van der Waals surface area contributed by atoms with Gasteiger partial charge in [-0.2, -0.15) is 0 Å². The molecule has 0 aromatic heterocycles. The number of para-hydroxylation sites is 1. The molecule has 0 radical (unpaired) electrons. The summed E-state index contributed by atoms with van der Waals surface area (Å²) < 4.78 is 28.1. The number of sulfonamides is 1. The van der Waals surface area contributed by atoms with Gasteiger partial charge in [0.05, 0.1) is 10.7 Å².